The molecule has 116 valence electrons. The second-order valence-corrected chi connectivity index (χ2v) is 5.30. The van der Waals surface area contributed by atoms with Gasteiger partial charge in [-0.15, -0.1) is 0 Å². The van der Waals surface area contributed by atoms with Crippen LogP contribution >= 0.6 is 11.6 Å². The standard InChI is InChI=1S/C17H14ClN3O2/c18-13-3-1-4-14(8-13)21-17(22)12-7-15(10-19-9-12)20-11-16-5-2-6-23-16/h1-10,20H,11H2,(H,21,22). The molecule has 0 bridgehead atoms. The van der Waals surface area contributed by atoms with E-state index in [1.165, 1.54) is 6.20 Å². The SMILES string of the molecule is O=C(Nc1cccc(Cl)c1)c1cncc(NCc2ccco2)c1. The van der Waals surface area contributed by atoms with Crippen molar-refractivity contribution in [3.63, 3.8) is 0 Å². The van der Waals surface area contributed by atoms with E-state index in [0.717, 1.165) is 11.4 Å². The first-order valence-electron chi connectivity index (χ1n) is 6.99. The fraction of sp³-hybridized carbons (Fsp3) is 0.0588. The molecule has 0 saturated heterocycles. The van der Waals surface area contributed by atoms with Crippen LogP contribution < -0.4 is 10.6 Å². The fourth-order valence-corrected chi connectivity index (χ4v) is 2.22. The van der Waals surface area contributed by atoms with E-state index in [2.05, 4.69) is 15.6 Å². The number of rotatable bonds is 5. The van der Waals surface area contributed by atoms with Gasteiger partial charge in [0.05, 0.1) is 24.1 Å². The molecule has 0 unspecified atom stereocenters. The molecule has 2 N–H and O–H groups in total. The summed E-state index contributed by atoms with van der Waals surface area (Å²) in [7, 11) is 0. The molecular formula is C17H14ClN3O2. The Morgan fingerprint density at radius 3 is 2.83 bits per heavy atom. The zero-order valence-corrected chi connectivity index (χ0v) is 12.9. The smallest absolute Gasteiger partial charge is 0.257 e. The van der Waals surface area contributed by atoms with Gasteiger partial charge < -0.3 is 15.1 Å². The summed E-state index contributed by atoms with van der Waals surface area (Å²) in [6.07, 6.45) is 4.78. The van der Waals surface area contributed by atoms with Crippen LogP contribution in [-0.4, -0.2) is 10.9 Å². The molecular weight excluding hydrogens is 314 g/mol. The van der Waals surface area contributed by atoms with E-state index in [-0.39, 0.29) is 5.91 Å². The lowest BCUT2D eigenvalue weighted by Crippen LogP contribution is -2.12. The van der Waals surface area contributed by atoms with Crippen LogP contribution in [0.4, 0.5) is 11.4 Å². The van der Waals surface area contributed by atoms with Gasteiger partial charge in [-0.1, -0.05) is 17.7 Å². The highest BCUT2D eigenvalue weighted by Crippen LogP contribution is 2.17. The highest BCUT2D eigenvalue weighted by Gasteiger charge is 2.08. The molecule has 23 heavy (non-hydrogen) atoms. The van der Waals surface area contributed by atoms with Gasteiger partial charge in [0.1, 0.15) is 5.76 Å². The number of carbonyl (C=O) groups is 1. The zero-order valence-electron chi connectivity index (χ0n) is 12.1. The molecule has 6 heteroatoms. The summed E-state index contributed by atoms with van der Waals surface area (Å²) in [5.41, 5.74) is 1.83. The normalized spacial score (nSPS) is 10.3. The minimum atomic E-state index is -0.249. The van der Waals surface area contributed by atoms with Crippen LogP contribution in [-0.2, 0) is 6.54 Å². The summed E-state index contributed by atoms with van der Waals surface area (Å²) in [6.45, 7) is 0.522. The van der Waals surface area contributed by atoms with Crippen molar-refractivity contribution in [1.29, 1.82) is 0 Å². The van der Waals surface area contributed by atoms with E-state index in [1.807, 2.05) is 12.1 Å². The Balaban J connectivity index is 1.67. The number of nitrogens with one attached hydrogen (secondary N) is 2. The Morgan fingerprint density at radius 1 is 1.13 bits per heavy atom. The molecule has 0 spiro atoms. The van der Waals surface area contributed by atoms with E-state index in [0.29, 0.717) is 22.8 Å². The first kappa shape index (κ1) is 15.1. The van der Waals surface area contributed by atoms with Crippen LogP contribution in [0.1, 0.15) is 16.1 Å². The molecule has 2 heterocycles. The minimum Gasteiger partial charge on any atom is -0.467 e. The third-order valence-electron chi connectivity index (χ3n) is 3.13. The second-order valence-electron chi connectivity index (χ2n) is 4.86. The van der Waals surface area contributed by atoms with Crippen molar-refractivity contribution in [2.45, 2.75) is 6.54 Å². The number of anilines is 2. The van der Waals surface area contributed by atoms with Gasteiger partial charge >= 0.3 is 0 Å². The van der Waals surface area contributed by atoms with Crippen molar-refractivity contribution in [3.05, 3.63) is 77.5 Å². The third kappa shape index (κ3) is 4.11. The maximum Gasteiger partial charge on any atom is 0.257 e. The van der Waals surface area contributed by atoms with Crippen LogP contribution in [0.5, 0.6) is 0 Å². The molecule has 2 aromatic heterocycles. The van der Waals surface area contributed by atoms with Crippen molar-refractivity contribution in [3.8, 4) is 0 Å². The number of pyridine rings is 1. The third-order valence-corrected chi connectivity index (χ3v) is 3.36. The molecule has 1 amide bonds. The van der Waals surface area contributed by atoms with Gasteiger partial charge in [-0.05, 0) is 36.4 Å². The Kier molecular flexibility index (Phi) is 4.59. The molecule has 3 aromatic rings. The van der Waals surface area contributed by atoms with E-state index in [1.54, 1.807) is 42.8 Å². The predicted molar refractivity (Wildman–Crippen MR) is 89.7 cm³/mol. The van der Waals surface area contributed by atoms with Crippen molar-refractivity contribution >= 4 is 28.9 Å². The lowest BCUT2D eigenvalue weighted by Gasteiger charge is -2.08. The van der Waals surface area contributed by atoms with Crippen LogP contribution in [0, 0.1) is 0 Å². The molecule has 0 atom stereocenters. The molecule has 5 nitrogen and oxygen atoms in total. The maximum atomic E-state index is 12.3. The van der Waals surface area contributed by atoms with Gasteiger partial charge in [0.2, 0.25) is 0 Å². The second kappa shape index (κ2) is 6.98. The van der Waals surface area contributed by atoms with Gasteiger partial charge in [0.15, 0.2) is 0 Å². The summed E-state index contributed by atoms with van der Waals surface area (Å²) in [4.78, 5) is 16.4. The quantitative estimate of drug-likeness (QED) is 0.737. The van der Waals surface area contributed by atoms with Crippen molar-refractivity contribution in [2.75, 3.05) is 10.6 Å². The van der Waals surface area contributed by atoms with E-state index < -0.39 is 0 Å². The van der Waals surface area contributed by atoms with Gasteiger partial charge in [0.25, 0.3) is 5.91 Å². The van der Waals surface area contributed by atoms with Crippen molar-refractivity contribution < 1.29 is 9.21 Å². The zero-order chi connectivity index (χ0) is 16.1. The monoisotopic (exact) mass is 327 g/mol. The molecule has 0 radical (unpaired) electrons. The number of hydrogen-bond acceptors (Lipinski definition) is 4. The van der Waals surface area contributed by atoms with Crippen LogP contribution in [0.2, 0.25) is 5.02 Å². The van der Waals surface area contributed by atoms with Crippen molar-refractivity contribution in [1.82, 2.24) is 4.98 Å². The first-order chi connectivity index (χ1) is 11.2. The number of nitrogens with zero attached hydrogens (tertiary/aromatic N) is 1. The molecule has 0 aliphatic carbocycles. The average molecular weight is 328 g/mol. The Bertz CT molecular complexity index is 803. The predicted octanol–water partition coefficient (Wildman–Crippen LogP) is 4.19. The number of carbonyl (C=O) groups excluding carboxylic acids is 1. The summed E-state index contributed by atoms with van der Waals surface area (Å²) in [5.74, 6) is 0.556. The van der Waals surface area contributed by atoms with E-state index in [4.69, 9.17) is 16.0 Å². The lowest BCUT2D eigenvalue weighted by molar-refractivity contribution is 0.102. The minimum absolute atomic E-state index is 0.249. The topological polar surface area (TPSA) is 67.2 Å². The number of aromatic nitrogens is 1. The van der Waals surface area contributed by atoms with Gasteiger partial charge in [-0.2, -0.15) is 0 Å². The summed E-state index contributed by atoms with van der Waals surface area (Å²) < 4.78 is 5.25. The highest BCUT2D eigenvalue weighted by molar-refractivity contribution is 6.30. The molecule has 0 aliphatic heterocycles. The Morgan fingerprint density at radius 2 is 2.04 bits per heavy atom. The number of halogens is 1. The van der Waals surface area contributed by atoms with Crippen LogP contribution in [0.3, 0.4) is 0 Å². The molecule has 0 saturated carbocycles. The summed E-state index contributed by atoms with van der Waals surface area (Å²) in [5, 5.41) is 6.51. The molecule has 0 aliphatic rings. The number of hydrogen-bond donors (Lipinski definition) is 2. The molecule has 1 aromatic carbocycles. The number of furan rings is 1. The Hall–Kier alpha value is -2.79. The van der Waals surface area contributed by atoms with Gasteiger partial charge in [0, 0.05) is 23.1 Å². The van der Waals surface area contributed by atoms with Crippen LogP contribution in [0.25, 0.3) is 0 Å². The fourth-order valence-electron chi connectivity index (χ4n) is 2.03. The largest absolute Gasteiger partial charge is 0.467 e. The van der Waals surface area contributed by atoms with Crippen molar-refractivity contribution in [2.24, 2.45) is 0 Å². The molecule has 3 rings (SSSR count). The Labute approximate surface area is 138 Å². The maximum absolute atomic E-state index is 12.3. The number of benzene rings is 1. The van der Waals surface area contributed by atoms with E-state index >= 15 is 0 Å². The highest BCUT2D eigenvalue weighted by atomic mass is 35.5. The van der Waals surface area contributed by atoms with Crippen LogP contribution in [0.15, 0.2) is 65.5 Å². The lowest BCUT2D eigenvalue weighted by atomic mass is 10.2. The van der Waals surface area contributed by atoms with E-state index in [9.17, 15) is 4.79 Å². The summed E-state index contributed by atoms with van der Waals surface area (Å²) >= 11 is 5.91. The number of amides is 1. The average Bonchev–Trinajstić information content (AvgIpc) is 3.07. The first-order valence-corrected chi connectivity index (χ1v) is 7.37. The molecule has 0 fully saturated rings. The van der Waals surface area contributed by atoms with Gasteiger partial charge in [-0.3, -0.25) is 9.78 Å². The summed E-state index contributed by atoms with van der Waals surface area (Å²) in [6, 6.07) is 12.4. The van der Waals surface area contributed by atoms with Gasteiger partial charge in [-0.25, -0.2) is 0 Å².